The molecule has 1 nitrogen and oxygen atoms in total. The van der Waals surface area contributed by atoms with Crippen LogP contribution < -0.4 is 5.73 Å². The molecule has 2 N–H and O–H groups in total. The molecule has 1 aromatic carbocycles. The zero-order chi connectivity index (χ0) is 10.2. The fourth-order valence-corrected chi connectivity index (χ4v) is 3.21. The number of hydrogen-bond donors (Lipinski definition) is 1. The molecule has 0 aliphatic heterocycles. The third-order valence-corrected chi connectivity index (χ3v) is 4.10. The highest BCUT2D eigenvalue weighted by atomic mass is 79.9. The number of hydrogen-bond acceptors (Lipinski definition) is 1. The lowest BCUT2D eigenvalue weighted by Gasteiger charge is -2.42. The van der Waals surface area contributed by atoms with Gasteiger partial charge in [0.25, 0.3) is 0 Å². The lowest BCUT2D eigenvalue weighted by molar-refractivity contribution is 0.252. The number of nitrogens with two attached hydrogens (primary N) is 1. The molecular weight excluding hydrogens is 261 g/mol. The van der Waals surface area contributed by atoms with E-state index in [9.17, 15) is 0 Å². The summed E-state index contributed by atoms with van der Waals surface area (Å²) in [5, 5.41) is 0.770. The normalized spacial score (nSPS) is 19.1. The van der Waals surface area contributed by atoms with Gasteiger partial charge in [-0.05, 0) is 30.5 Å². The van der Waals surface area contributed by atoms with E-state index in [1.54, 1.807) is 0 Å². The van der Waals surface area contributed by atoms with E-state index in [0.717, 1.165) is 16.0 Å². The molecule has 0 bridgehead atoms. The van der Waals surface area contributed by atoms with Gasteiger partial charge in [0.1, 0.15) is 0 Å². The Labute approximate surface area is 97.8 Å². The number of halogens is 2. The van der Waals surface area contributed by atoms with Crippen LogP contribution in [-0.4, -0.2) is 6.54 Å². The van der Waals surface area contributed by atoms with Gasteiger partial charge in [-0.3, -0.25) is 0 Å². The van der Waals surface area contributed by atoms with Crippen molar-refractivity contribution in [3.63, 3.8) is 0 Å². The first kappa shape index (κ1) is 10.5. The number of rotatable bonds is 2. The molecular formula is C11H13BrClN. The highest BCUT2D eigenvalue weighted by Gasteiger charge is 2.38. The van der Waals surface area contributed by atoms with Crippen molar-refractivity contribution < 1.29 is 0 Å². The molecule has 0 amide bonds. The Balaban J connectivity index is 2.40. The molecule has 2 rings (SSSR count). The molecule has 1 fully saturated rings. The molecule has 1 aromatic rings. The molecule has 0 radical (unpaired) electrons. The van der Waals surface area contributed by atoms with Gasteiger partial charge in [-0.25, -0.2) is 0 Å². The van der Waals surface area contributed by atoms with E-state index >= 15 is 0 Å². The summed E-state index contributed by atoms with van der Waals surface area (Å²) in [5.74, 6) is 0. The smallest absolute Gasteiger partial charge is 0.0417 e. The third kappa shape index (κ3) is 1.60. The van der Waals surface area contributed by atoms with Gasteiger partial charge in [-0.2, -0.15) is 0 Å². The molecule has 1 aliphatic carbocycles. The standard InChI is InChI=1S/C11H13BrClN/c12-10-6-8(13)2-3-9(10)11(7-14)4-1-5-11/h2-3,6H,1,4-5,7,14H2. The summed E-state index contributed by atoms with van der Waals surface area (Å²) >= 11 is 9.47. The van der Waals surface area contributed by atoms with Gasteiger partial charge in [0.2, 0.25) is 0 Å². The van der Waals surface area contributed by atoms with Crippen LogP contribution in [0.3, 0.4) is 0 Å². The average Bonchev–Trinajstić information content (AvgIpc) is 2.07. The average molecular weight is 275 g/mol. The predicted molar refractivity (Wildman–Crippen MR) is 63.7 cm³/mol. The van der Waals surface area contributed by atoms with Crippen molar-refractivity contribution in [3.8, 4) is 0 Å². The molecule has 1 aliphatic rings. The van der Waals surface area contributed by atoms with E-state index in [4.69, 9.17) is 17.3 Å². The Bertz CT molecular complexity index is 342. The maximum atomic E-state index is 5.91. The van der Waals surface area contributed by atoms with Gasteiger partial charge in [-0.15, -0.1) is 0 Å². The second-order valence-electron chi connectivity index (χ2n) is 3.96. The van der Waals surface area contributed by atoms with Crippen molar-refractivity contribution in [1.29, 1.82) is 0 Å². The molecule has 3 heteroatoms. The summed E-state index contributed by atoms with van der Waals surface area (Å²) in [7, 11) is 0. The van der Waals surface area contributed by atoms with E-state index in [-0.39, 0.29) is 5.41 Å². The topological polar surface area (TPSA) is 26.0 Å². The summed E-state index contributed by atoms with van der Waals surface area (Å²) < 4.78 is 1.09. The van der Waals surface area contributed by atoms with Crippen molar-refractivity contribution in [2.24, 2.45) is 5.73 Å². The molecule has 0 atom stereocenters. The maximum Gasteiger partial charge on any atom is 0.0417 e. The van der Waals surface area contributed by atoms with Crippen LogP contribution in [0.2, 0.25) is 5.02 Å². The minimum Gasteiger partial charge on any atom is -0.330 e. The van der Waals surface area contributed by atoms with E-state index in [2.05, 4.69) is 22.0 Å². The highest BCUT2D eigenvalue weighted by Crippen LogP contribution is 2.45. The second-order valence-corrected chi connectivity index (χ2v) is 5.25. The summed E-state index contributed by atoms with van der Waals surface area (Å²) in [4.78, 5) is 0. The fourth-order valence-electron chi connectivity index (χ4n) is 2.11. The lowest BCUT2D eigenvalue weighted by atomic mass is 9.64. The molecule has 76 valence electrons. The first-order valence-corrected chi connectivity index (χ1v) is 6.01. The van der Waals surface area contributed by atoms with Gasteiger partial charge in [0.15, 0.2) is 0 Å². The van der Waals surface area contributed by atoms with Gasteiger partial charge in [0.05, 0.1) is 0 Å². The quantitative estimate of drug-likeness (QED) is 0.878. The van der Waals surface area contributed by atoms with Crippen LogP contribution in [-0.2, 0) is 5.41 Å². The maximum absolute atomic E-state index is 5.91. The second kappa shape index (κ2) is 3.84. The zero-order valence-electron chi connectivity index (χ0n) is 7.89. The Morgan fingerprint density at radius 3 is 2.57 bits per heavy atom. The van der Waals surface area contributed by atoms with Crippen LogP contribution in [0.4, 0.5) is 0 Å². The van der Waals surface area contributed by atoms with Crippen LogP contribution in [0.15, 0.2) is 22.7 Å². The Kier molecular flexibility index (Phi) is 2.87. The van der Waals surface area contributed by atoms with Crippen LogP contribution in [0.5, 0.6) is 0 Å². The molecule has 0 spiro atoms. The minimum absolute atomic E-state index is 0.212. The molecule has 14 heavy (non-hydrogen) atoms. The Hall–Kier alpha value is -0.0500. The van der Waals surface area contributed by atoms with Crippen molar-refractivity contribution in [2.45, 2.75) is 24.7 Å². The summed E-state index contributed by atoms with van der Waals surface area (Å²) in [6.45, 7) is 0.729. The van der Waals surface area contributed by atoms with E-state index in [0.29, 0.717) is 0 Å². The molecule has 0 heterocycles. The molecule has 0 unspecified atom stereocenters. The highest BCUT2D eigenvalue weighted by molar-refractivity contribution is 9.10. The molecule has 1 saturated carbocycles. The van der Waals surface area contributed by atoms with Gasteiger partial charge < -0.3 is 5.73 Å². The van der Waals surface area contributed by atoms with E-state index in [1.807, 2.05) is 12.1 Å². The summed E-state index contributed by atoms with van der Waals surface area (Å²) in [5.41, 5.74) is 7.38. The van der Waals surface area contributed by atoms with Gasteiger partial charge in [-0.1, -0.05) is 40.0 Å². The first-order chi connectivity index (χ1) is 6.68. The van der Waals surface area contributed by atoms with Crippen LogP contribution in [0, 0.1) is 0 Å². The summed E-state index contributed by atoms with van der Waals surface area (Å²) in [6, 6.07) is 5.99. The van der Waals surface area contributed by atoms with Crippen molar-refractivity contribution in [1.82, 2.24) is 0 Å². The Morgan fingerprint density at radius 2 is 2.14 bits per heavy atom. The van der Waals surface area contributed by atoms with Crippen molar-refractivity contribution in [2.75, 3.05) is 6.54 Å². The molecule has 0 aromatic heterocycles. The van der Waals surface area contributed by atoms with Gasteiger partial charge >= 0.3 is 0 Å². The fraction of sp³-hybridized carbons (Fsp3) is 0.455. The lowest BCUT2D eigenvalue weighted by Crippen LogP contribution is -2.41. The van der Waals surface area contributed by atoms with Gasteiger partial charge in [0, 0.05) is 21.5 Å². The minimum atomic E-state index is 0.212. The Morgan fingerprint density at radius 1 is 1.43 bits per heavy atom. The van der Waals surface area contributed by atoms with Crippen LogP contribution >= 0.6 is 27.5 Å². The third-order valence-electron chi connectivity index (χ3n) is 3.20. The summed E-state index contributed by atoms with van der Waals surface area (Å²) in [6.07, 6.45) is 3.68. The monoisotopic (exact) mass is 273 g/mol. The molecule has 0 saturated heterocycles. The van der Waals surface area contributed by atoms with Crippen molar-refractivity contribution >= 4 is 27.5 Å². The zero-order valence-corrected chi connectivity index (χ0v) is 10.2. The first-order valence-electron chi connectivity index (χ1n) is 4.83. The predicted octanol–water partition coefficient (Wildman–Crippen LogP) is 3.48. The van der Waals surface area contributed by atoms with Crippen LogP contribution in [0.1, 0.15) is 24.8 Å². The number of benzene rings is 1. The van der Waals surface area contributed by atoms with E-state index < -0.39 is 0 Å². The van der Waals surface area contributed by atoms with Crippen molar-refractivity contribution in [3.05, 3.63) is 33.3 Å². The SMILES string of the molecule is NCC1(c2ccc(Cl)cc2Br)CCC1. The van der Waals surface area contributed by atoms with E-state index in [1.165, 1.54) is 24.8 Å². The largest absolute Gasteiger partial charge is 0.330 e. The van der Waals surface area contributed by atoms with Crippen LogP contribution in [0.25, 0.3) is 0 Å².